The van der Waals surface area contributed by atoms with Crippen LogP contribution in [0.1, 0.15) is 37.2 Å². The summed E-state index contributed by atoms with van der Waals surface area (Å²) < 4.78 is 2.23. The Labute approximate surface area is 114 Å². The van der Waals surface area contributed by atoms with E-state index in [2.05, 4.69) is 45.8 Å². The maximum absolute atomic E-state index is 4.27. The monoisotopic (exact) mass is 261 g/mol. The number of imidazole rings is 1. The van der Waals surface area contributed by atoms with Crippen LogP contribution in [0.15, 0.2) is 18.7 Å². The third kappa shape index (κ3) is 3.04. The Morgan fingerprint density at radius 2 is 2.16 bits per heavy atom. The van der Waals surface area contributed by atoms with Gasteiger partial charge in [0.25, 0.3) is 0 Å². The molecule has 5 heteroatoms. The number of H-pyrrole nitrogens is 1. The molecule has 0 aliphatic rings. The summed E-state index contributed by atoms with van der Waals surface area (Å²) in [5.74, 6) is 0. The highest BCUT2D eigenvalue weighted by Gasteiger charge is 2.21. The number of hydrogen-bond donors (Lipinski definition) is 2. The first-order valence-electron chi connectivity index (χ1n) is 6.73. The molecule has 0 spiro atoms. The Kier molecular flexibility index (Phi) is 4.04. The van der Waals surface area contributed by atoms with Gasteiger partial charge in [-0.3, -0.25) is 5.10 Å². The molecule has 104 valence electrons. The SMILES string of the molecule is CNC(C)(C)c1cncn1CCCc1cn[nH]c1C. The summed E-state index contributed by atoms with van der Waals surface area (Å²) in [6.07, 6.45) is 7.90. The molecule has 0 saturated heterocycles. The van der Waals surface area contributed by atoms with Crippen molar-refractivity contribution < 1.29 is 0 Å². The van der Waals surface area contributed by atoms with Gasteiger partial charge in [-0.25, -0.2) is 4.98 Å². The summed E-state index contributed by atoms with van der Waals surface area (Å²) in [4.78, 5) is 4.27. The number of nitrogens with zero attached hydrogens (tertiary/aromatic N) is 3. The van der Waals surface area contributed by atoms with Gasteiger partial charge in [0.1, 0.15) is 0 Å². The average molecular weight is 261 g/mol. The number of hydrogen-bond acceptors (Lipinski definition) is 3. The maximum Gasteiger partial charge on any atom is 0.0948 e. The molecule has 5 nitrogen and oxygen atoms in total. The van der Waals surface area contributed by atoms with Gasteiger partial charge in [-0.15, -0.1) is 0 Å². The minimum absolute atomic E-state index is 0.0535. The molecule has 0 amide bonds. The molecular weight excluding hydrogens is 238 g/mol. The van der Waals surface area contributed by atoms with E-state index in [1.54, 1.807) is 0 Å². The zero-order chi connectivity index (χ0) is 13.9. The van der Waals surface area contributed by atoms with Crippen molar-refractivity contribution in [2.24, 2.45) is 0 Å². The van der Waals surface area contributed by atoms with Crippen LogP contribution in [-0.2, 0) is 18.5 Å². The van der Waals surface area contributed by atoms with Gasteiger partial charge in [0, 0.05) is 18.4 Å². The second kappa shape index (κ2) is 5.57. The molecule has 0 aliphatic heterocycles. The van der Waals surface area contributed by atoms with E-state index in [1.165, 1.54) is 17.0 Å². The Bertz CT molecular complexity index is 523. The second-order valence-electron chi connectivity index (χ2n) is 5.47. The van der Waals surface area contributed by atoms with Crippen molar-refractivity contribution in [2.75, 3.05) is 7.05 Å². The lowest BCUT2D eigenvalue weighted by molar-refractivity contribution is 0.406. The Morgan fingerprint density at radius 3 is 2.79 bits per heavy atom. The number of aromatic nitrogens is 4. The molecule has 0 aromatic carbocycles. The molecule has 2 aromatic rings. The highest BCUT2D eigenvalue weighted by Crippen LogP contribution is 2.19. The molecule has 0 unspecified atom stereocenters. The van der Waals surface area contributed by atoms with Crippen molar-refractivity contribution >= 4 is 0 Å². The lowest BCUT2D eigenvalue weighted by Crippen LogP contribution is -2.35. The molecule has 0 bridgehead atoms. The van der Waals surface area contributed by atoms with Gasteiger partial charge < -0.3 is 9.88 Å². The minimum Gasteiger partial charge on any atom is -0.333 e. The third-order valence-corrected chi connectivity index (χ3v) is 3.76. The van der Waals surface area contributed by atoms with Crippen LogP contribution in [0.5, 0.6) is 0 Å². The second-order valence-corrected chi connectivity index (χ2v) is 5.47. The van der Waals surface area contributed by atoms with Gasteiger partial charge in [-0.05, 0) is 46.2 Å². The van der Waals surface area contributed by atoms with Crippen molar-refractivity contribution in [3.8, 4) is 0 Å². The first-order chi connectivity index (χ1) is 9.04. The number of aromatic amines is 1. The molecule has 2 heterocycles. The largest absolute Gasteiger partial charge is 0.333 e. The smallest absolute Gasteiger partial charge is 0.0948 e. The fourth-order valence-electron chi connectivity index (χ4n) is 2.21. The summed E-state index contributed by atoms with van der Waals surface area (Å²) in [6, 6.07) is 0. The van der Waals surface area contributed by atoms with Gasteiger partial charge in [-0.2, -0.15) is 5.10 Å². The Balaban J connectivity index is 1.97. The van der Waals surface area contributed by atoms with E-state index >= 15 is 0 Å². The molecule has 2 N–H and O–H groups in total. The normalized spacial score (nSPS) is 12.0. The third-order valence-electron chi connectivity index (χ3n) is 3.76. The van der Waals surface area contributed by atoms with Gasteiger partial charge >= 0.3 is 0 Å². The van der Waals surface area contributed by atoms with Gasteiger partial charge in [0.15, 0.2) is 0 Å². The van der Waals surface area contributed by atoms with E-state index in [0.717, 1.165) is 19.4 Å². The van der Waals surface area contributed by atoms with Crippen molar-refractivity contribution in [3.05, 3.63) is 35.7 Å². The van der Waals surface area contributed by atoms with Crippen molar-refractivity contribution in [2.45, 2.75) is 45.7 Å². The summed E-state index contributed by atoms with van der Waals surface area (Å²) in [5.41, 5.74) is 3.64. The van der Waals surface area contributed by atoms with Crippen LogP contribution < -0.4 is 5.32 Å². The molecule has 0 fully saturated rings. The first kappa shape index (κ1) is 13.8. The van der Waals surface area contributed by atoms with E-state index in [0.29, 0.717) is 0 Å². The molecule has 2 aromatic heterocycles. The van der Waals surface area contributed by atoms with Crippen LogP contribution in [0, 0.1) is 6.92 Å². The van der Waals surface area contributed by atoms with E-state index in [9.17, 15) is 0 Å². The van der Waals surface area contributed by atoms with E-state index in [-0.39, 0.29) is 5.54 Å². The molecule has 0 radical (unpaired) electrons. The Hall–Kier alpha value is -1.62. The van der Waals surface area contributed by atoms with Gasteiger partial charge in [0.2, 0.25) is 0 Å². The predicted molar refractivity (Wildman–Crippen MR) is 76.0 cm³/mol. The fraction of sp³-hybridized carbons (Fsp3) is 0.571. The molecule has 0 aliphatic carbocycles. The quantitative estimate of drug-likeness (QED) is 0.836. The van der Waals surface area contributed by atoms with Gasteiger partial charge in [-0.1, -0.05) is 0 Å². The maximum atomic E-state index is 4.27. The summed E-state index contributed by atoms with van der Waals surface area (Å²) >= 11 is 0. The number of aryl methyl sites for hydroxylation is 3. The lowest BCUT2D eigenvalue weighted by Gasteiger charge is -2.25. The minimum atomic E-state index is -0.0535. The Morgan fingerprint density at radius 1 is 1.37 bits per heavy atom. The van der Waals surface area contributed by atoms with Gasteiger partial charge in [0.05, 0.1) is 23.8 Å². The van der Waals surface area contributed by atoms with Crippen LogP contribution >= 0.6 is 0 Å². The number of nitrogens with one attached hydrogen (secondary N) is 2. The molecular formula is C14H23N5. The van der Waals surface area contributed by atoms with Crippen LogP contribution in [0.2, 0.25) is 0 Å². The highest BCUT2D eigenvalue weighted by molar-refractivity contribution is 5.14. The van der Waals surface area contributed by atoms with E-state index in [1.807, 2.05) is 25.8 Å². The van der Waals surface area contributed by atoms with Crippen LogP contribution in [0.25, 0.3) is 0 Å². The van der Waals surface area contributed by atoms with Crippen LogP contribution in [-0.4, -0.2) is 26.8 Å². The predicted octanol–water partition coefficient (Wildman–Crippen LogP) is 2.00. The molecule has 0 saturated carbocycles. The molecule has 2 rings (SSSR count). The summed E-state index contributed by atoms with van der Waals surface area (Å²) in [5, 5.41) is 10.4. The van der Waals surface area contributed by atoms with E-state index in [4.69, 9.17) is 0 Å². The summed E-state index contributed by atoms with van der Waals surface area (Å²) in [6.45, 7) is 7.38. The number of rotatable bonds is 6. The zero-order valence-electron chi connectivity index (χ0n) is 12.2. The highest BCUT2D eigenvalue weighted by atomic mass is 15.1. The lowest BCUT2D eigenvalue weighted by atomic mass is 10.0. The average Bonchev–Trinajstić information content (AvgIpc) is 3.00. The standard InChI is InChI=1S/C14H23N5/c1-11-12(8-17-18-11)6-5-7-19-10-16-9-13(19)14(2,3)15-4/h8-10,15H,5-7H2,1-4H3,(H,17,18). The van der Waals surface area contributed by atoms with Crippen molar-refractivity contribution in [1.29, 1.82) is 0 Å². The van der Waals surface area contributed by atoms with E-state index < -0.39 is 0 Å². The molecule has 19 heavy (non-hydrogen) atoms. The molecule has 0 atom stereocenters. The van der Waals surface area contributed by atoms with Crippen LogP contribution in [0.3, 0.4) is 0 Å². The fourth-order valence-corrected chi connectivity index (χ4v) is 2.21. The van der Waals surface area contributed by atoms with Crippen LogP contribution in [0.4, 0.5) is 0 Å². The van der Waals surface area contributed by atoms with Crippen molar-refractivity contribution in [3.63, 3.8) is 0 Å². The van der Waals surface area contributed by atoms with Crippen molar-refractivity contribution in [1.82, 2.24) is 25.1 Å². The zero-order valence-corrected chi connectivity index (χ0v) is 12.2. The topological polar surface area (TPSA) is 58.5 Å². The summed E-state index contributed by atoms with van der Waals surface area (Å²) in [7, 11) is 1.98. The first-order valence-corrected chi connectivity index (χ1v) is 6.73.